The van der Waals surface area contributed by atoms with Gasteiger partial charge in [-0.1, -0.05) is 72.4 Å². The number of hydrogen-bond donors (Lipinski definition) is 1. The molecule has 0 saturated heterocycles. The molecule has 1 heterocycles. The van der Waals surface area contributed by atoms with Gasteiger partial charge in [-0.15, -0.1) is 0 Å². The van der Waals surface area contributed by atoms with Crippen LogP contribution in [0.2, 0.25) is 0 Å². The summed E-state index contributed by atoms with van der Waals surface area (Å²) in [6, 6.07) is 29.9. The molecule has 190 valence electrons. The number of nitrogens with one attached hydrogen (secondary N) is 1. The van der Waals surface area contributed by atoms with E-state index in [0.29, 0.717) is 27.5 Å². The van der Waals surface area contributed by atoms with Crippen LogP contribution in [0.15, 0.2) is 107 Å². The number of aromatic nitrogens is 2. The van der Waals surface area contributed by atoms with Crippen LogP contribution < -0.4 is 15.6 Å². The van der Waals surface area contributed by atoms with Crippen LogP contribution in [0.3, 0.4) is 0 Å². The van der Waals surface area contributed by atoms with Crippen LogP contribution in [-0.2, 0) is 4.79 Å². The molecule has 0 fully saturated rings. The first-order chi connectivity index (χ1) is 18.5. The van der Waals surface area contributed by atoms with E-state index in [1.165, 1.54) is 11.8 Å². The van der Waals surface area contributed by atoms with E-state index >= 15 is 0 Å². The molecule has 1 amide bonds. The third kappa shape index (κ3) is 5.06. The van der Waals surface area contributed by atoms with Gasteiger partial charge >= 0.3 is 0 Å². The number of carbonyl (C=O) groups is 1. The minimum Gasteiger partial charge on any atom is -0.497 e. The summed E-state index contributed by atoms with van der Waals surface area (Å²) in [4.78, 5) is 32.5. The van der Waals surface area contributed by atoms with Gasteiger partial charge in [-0.2, -0.15) is 0 Å². The molecule has 5 aromatic rings. The van der Waals surface area contributed by atoms with Crippen molar-refractivity contribution in [3.05, 3.63) is 124 Å². The fraction of sp³-hybridized carbons (Fsp3) is 0.129. The number of thioether (sulfide) groups is 1. The standard InChI is InChI=1S/C31H27N3O3S/c1-20-11-9-18-27(21(20)2)34-30(36)25-16-7-8-17-26(25)33-31(34)38-28(22-12-5-4-6-13-22)29(35)32-23-14-10-15-24(19-23)37-3/h4-19,28H,1-3H3,(H,32,35). The van der Waals surface area contributed by atoms with Gasteiger partial charge in [0.25, 0.3) is 5.56 Å². The highest BCUT2D eigenvalue weighted by atomic mass is 32.2. The number of aryl methyl sites for hydroxylation is 1. The minimum atomic E-state index is -0.674. The number of carbonyl (C=O) groups excluding carboxylic acids is 1. The molecule has 5 rings (SSSR count). The fourth-order valence-electron chi connectivity index (χ4n) is 4.30. The largest absolute Gasteiger partial charge is 0.497 e. The molecule has 38 heavy (non-hydrogen) atoms. The Morgan fingerprint density at radius 3 is 2.45 bits per heavy atom. The molecule has 4 aromatic carbocycles. The lowest BCUT2D eigenvalue weighted by Crippen LogP contribution is -2.25. The van der Waals surface area contributed by atoms with Gasteiger partial charge in [0.15, 0.2) is 5.16 Å². The van der Waals surface area contributed by atoms with Gasteiger partial charge in [0.1, 0.15) is 11.0 Å². The number of hydrogen-bond acceptors (Lipinski definition) is 5. The predicted octanol–water partition coefficient (Wildman–Crippen LogP) is 6.48. The van der Waals surface area contributed by atoms with Gasteiger partial charge in [0.2, 0.25) is 5.91 Å². The first-order valence-corrected chi connectivity index (χ1v) is 13.1. The van der Waals surface area contributed by atoms with Crippen molar-refractivity contribution < 1.29 is 9.53 Å². The summed E-state index contributed by atoms with van der Waals surface area (Å²) in [7, 11) is 1.58. The highest BCUT2D eigenvalue weighted by Gasteiger charge is 2.26. The summed E-state index contributed by atoms with van der Waals surface area (Å²) in [5.41, 5.74) is 4.62. The van der Waals surface area contributed by atoms with Gasteiger partial charge in [-0.05, 0) is 60.9 Å². The third-order valence-electron chi connectivity index (χ3n) is 6.46. The zero-order chi connectivity index (χ0) is 26.6. The monoisotopic (exact) mass is 521 g/mol. The smallest absolute Gasteiger partial charge is 0.266 e. The number of ether oxygens (including phenoxy) is 1. The van der Waals surface area contributed by atoms with Crippen LogP contribution in [0.5, 0.6) is 5.75 Å². The summed E-state index contributed by atoms with van der Waals surface area (Å²) in [5, 5.41) is 3.30. The molecule has 0 bridgehead atoms. The summed E-state index contributed by atoms with van der Waals surface area (Å²) in [5.74, 6) is 0.413. The van der Waals surface area contributed by atoms with Crippen molar-refractivity contribution in [2.24, 2.45) is 0 Å². The lowest BCUT2D eigenvalue weighted by Gasteiger charge is -2.21. The van der Waals surface area contributed by atoms with E-state index in [1.54, 1.807) is 23.8 Å². The molecule has 0 aliphatic rings. The van der Waals surface area contributed by atoms with Crippen molar-refractivity contribution in [2.45, 2.75) is 24.3 Å². The maximum Gasteiger partial charge on any atom is 0.266 e. The Balaban J connectivity index is 1.65. The van der Waals surface area contributed by atoms with Crippen molar-refractivity contribution in [1.82, 2.24) is 9.55 Å². The van der Waals surface area contributed by atoms with Crippen molar-refractivity contribution in [2.75, 3.05) is 12.4 Å². The highest BCUT2D eigenvalue weighted by molar-refractivity contribution is 8.00. The van der Waals surface area contributed by atoms with E-state index in [1.807, 2.05) is 98.8 Å². The number of rotatable bonds is 7. The van der Waals surface area contributed by atoms with Crippen LogP contribution in [0.4, 0.5) is 5.69 Å². The molecule has 1 atom stereocenters. The number of benzene rings is 4. The maximum absolute atomic E-state index is 13.9. The number of para-hydroxylation sites is 1. The predicted molar refractivity (Wildman–Crippen MR) is 153 cm³/mol. The van der Waals surface area contributed by atoms with Crippen molar-refractivity contribution >= 4 is 34.3 Å². The van der Waals surface area contributed by atoms with Crippen LogP contribution in [0, 0.1) is 13.8 Å². The maximum atomic E-state index is 13.9. The molecule has 0 aliphatic heterocycles. The van der Waals surface area contributed by atoms with E-state index in [-0.39, 0.29) is 11.5 Å². The number of methoxy groups -OCH3 is 1. The lowest BCUT2D eigenvalue weighted by molar-refractivity contribution is -0.115. The van der Waals surface area contributed by atoms with E-state index in [2.05, 4.69) is 5.32 Å². The van der Waals surface area contributed by atoms with Crippen molar-refractivity contribution in [3.8, 4) is 11.4 Å². The molecule has 7 heteroatoms. The Labute approximate surface area is 225 Å². The molecular weight excluding hydrogens is 494 g/mol. The Morgan fingerprint density at radius 1 is 0.921 bits per heavy atom. The van der Waals surface area contributed by atoms with E-state index in [0.717, 1.165) is 22.4 Å². The lowest BCUT2D eigenvalue weighted by atomic mass is 10.1. The Morgan fingerprint density at radius 2 is 1.66 bits per heavy atom. The van der Waals surface area contributed by atoms with Gasteiger partial charge in [-0.25, -0.2) is 4.98 Å². The van der Waals surface area contributed by atoms with E-state index < -0.39 is 5.25 Å². The minimum absolute atomic E-state index is 0.174. The molecule has 1 unspecified atom stereocenters. The molecule has 0 aliphatic carbocycles. The van der Waals surface area contributed by atoms with Crippen LogP contribution in [-0.4, -0.2) is 22.6 Å². The normalized spacial score (nSPS) is 11.8. The number of anilines is 1. The topological polar surface area (TPSA) is 73.2 Å². The second-order valence-electron chi connectivity index (χ2n) is 8.90. The van der Waals surface area contributed by atoms with Crippen molar-refractivity contribution in [1.29, 1.82) is 0 Å². The number of amides is 1. The summed E-state index contributed by atoms with van der Waals surface area (Å²) in [6.45, 7) is 4.00. The van der Waals surface area contributed by atoms with Gasteiger partial charge in [0, 0.05) is 11.8 Å². The molecule has 0 spiro atoms. The first kappa shape index (κ1) is 25.3. The van der Waals surface area contributed by atoms with Gasteiger partial charge in [0.05, 0.1) is 23.7 Å². The number of fused-ring (bicyclic) bond motifs is 1. The molecule has 6 nitrogen and oxygen atoms in total. The molecule has 1 aromatic heterocycles. The van der Waals surface area contributed by atoms with Gasteiger partial charge < -0.3 is 10.1 Å². The second-order valence-corrected chi connectivity index (χ2v) is 9.97. The summed E-state index contributed by atoms with van der Waals surface area (Å²) in [6.07, 6.45) is 0. The van der Waals surface area contributed by atoms with E-state index in [9.17, 15) is 9.59 Å². The molecule has 0 radical (unpaired) electrons. The zero-order valence-corrected chi connectivity index (χ0v) is 22.2. The SMILES string of the molecule is COc1cccc(NC(=O)C(Sc2nc3ccccc3c(=O)n2-c2cccc(C)c2C)c2ccccc2)c1. The third-order valence-corrected chi connectivity index (χ3v) is 7.67. The van der Waals surface area contributed by atoms with Crippen LogP contribution in [0.25, 0.3) is 16.6 Å². The van der Waals surface area contributed by atoms with Gasteiger partial charge in [-0.3, -0.25) is 14.2 Å². The summed E-state index contributed by atoms with van der Waals surface area (Å²) >= 11 is 1.25. The molecule has 1 N–H and O–H groups in total. The van der Waals surface area contributed by atoms with E-state index in [4.69, 9.17) is 9.72 Å². The van der Waals surface area contributed by atoms with Crippen LogP contribution in [0.1, 0.15) is 21.9 Å². The quantitative estimate of drug-likeness (QED) is 0.196. The average molecular weight is 522 g/mol. The number of nitrogens with zero attached hydrogens (tertiary/aromatic N) is 2. The zero-order valence-electron chi connectivity index (χ0n) is 21.3. The Hall–Kier alpha value is -4.36. The first-order valence-electron chi connectivity index (χ1n) is 12.2. The van der Waals surface area contributed by atoms with Crippen molar-refractivity contribution in [3.63, 3.8) is 0 Å². The molecular formula is C31H27N3O3S. The highest BCUT2D eigenvalue weighted by Crippen LogP contribution is 2.37. The average Bonchev–Trinajstić information content (AvgIpc) is 2.94. The Kier molecular flexibility index (Phi) is 7.29. The summed E-state index contributed by atoms with van der Waals surface area (Å²) < 4.78 is 6.94. The molecule has 0 saturated carbocycles. The fourth-order valence-corrected chi connectivity index (χ4v) is 5.40. The van der Waals surface area contributed by atoms with Crippen LogP contribution >= 0.6 is 11.8 Å². The Bertz CT molecular complexity index is 1680. The second kappa shape index (κ2) is 10.9.